The van der Waals surface area contributed by atoms with Gasteiger partial charge in [0.15, 0.2) is 0 Å². The van der Waals surface area contributed by atoms with Gasteiger partial charge in [0.05, 0.1) is 11.9 Å². The maximum Gasteiger partial charge on any atom is 0.243 e. The summed E-state index contributed by atoms with van der Waals surface area (Å²) in [6.07, 6.45) is 2.95. The molecule has 1 N–H and O–H groups in total. The number of hydrogen-bond acceptors (Lipinski definition) is 4. The zero-order valence-corrected chi connectivity index (χ0v) is 24.2. The molecule has 2 unspecified atom stereocenters. The first kappa shape index (κ1) is 30.4. The van der Waals surface area contributed by atoms with Gasteiger partial charge in [0.2, 0.25) is 21.8 Å². The molecule has 0 bridgehead atoms. The zero-order chi connectivity index (χ0) is 27.8. The Morgan fingerprint density at radius 2 is 1.68 bits per heavy atom. The van der Waals surface area contributed by atoms with Gasteiger partial charge < -0.3 is 10.2 Å². The van der Waals surface area contributed by atoms with Crippen LogP contribution in [0.25, 0.3) is 0 Å². The number of rotatable bonds is 13. The third-order valence-corrected chi connectivity index (χ3v) is 8.00. The number of carbonyl (C=O) groups excluding carboxylic acids is 2. The van der Waals surface area contributed by atoms with E-state index < -0.39 is 16.1 Å². The van der Waals surface area contributed by atoms with Gasteiger partial charge in [-0.1, -0.05) is 55.8 Å². The number of sulfonamides is 1. The van der Waals surface area contributed by atoms with Crippen molar-refractivity contribution >= 4 is 27.5 Å². The van der Waals surface area contributed by atoms with E-state index in [1.165, 1.54) is 10.6 Å². The third kappa shape index (κ3) is 8.59. The lowest BCUT2D eigenvalue weighted by molar-refractivity contribution is -0.141. The van der Waals surface area contributed by atoms with Gasteiger partial charge in [0.25, 0.3) is 0 Å². The lowest BCUT2D eigenvalue weighted by Gasteiger charge is -2.32. The summed E-state index contributed by atoms with van der Waals surface area (Å²) in [6, 6.07) is 12.9. The van der Waals surface area contributed by atoms with Crippen molar-refractivity contribution in [2.75, 3.05) is 17.1 Å². The molecule has 0 saturated carbocycles. The standard InChI is InChI=1S/C29H43N3O4S/c1-8-23(5)30-29(34)26(9-2)31(20-25-15-10-13-21(3)19-25)28(33)17-12-18-32(37(7,35)36)27-16-11-14-22(4)24(27)6/h10-11,13-16,19,23,26H,8-9,12,17-18,20H2,1-7H3,(H,30,34). The topological polar surface area (TPSA) is 86.8 Å². The number of nitrogens with zero attached hydrogens (tertiary/aromatic N) is 2. The highest BCUT2D eigenvalue weighted by Gasteiger charge is 2.29. The molecule has 0 aliphatic heterocycles. The molecule has 2 atom stereocenters. The van der Waals surface area contributed by atoms with Crippen LogP contribution in [0.15, 0.2) is 42.5 Å². The van der Waals surface area contributed by atoms with E-state index >= 15 is 0 Å². The zero-order valence-electron chi connectivity index (χ0n) is 23.4. The fraction of sp³-hybridized carbons (Fsp3) is 0.517. The maximum atomic E-state index is 13.6. The molecule has 7 nitrogen and oxygen atoms in total. The second kappa shape index (κ2) is 13.6. The molecule has 37 heavy (non-hydrogen) atoms. The summed E-state index contributed by atoms with van der Waals surface area (Å²) in [5, 5.41) is 3.02. The highest BCUT2D eigenvalue weighted by atomic mass is 32.2. The number of carbonyl (C=O) groups is 2. The van der Waals surface area contributed by atoms with Crippen LogP contribution >= 0.6 is 0 Å². The molecule has 0 saturated heterocycles. The molecule has 0 fully saturated rings. The van der Waals surface area contributed by atoms with E-state index in [0.717, 1.165) is 28.7 Å². The predicted molar refractivity (Wildman–Crippen MR) is 151 cm³/mol. The van der Waals surface area contributed by atoms with Crippen molar-refractivity contribution in [2.24, 2.45) is 0 Å². The number of amides is 2. The minimum Gasteiger partial charge on any atom is -0.352 e. The van der Waals surface area contributed by atoms with E-state index in [0.29, 0.717) is 25.1 Å². The molecule has 2 amide bonds. The van der Waals surface area contributed by atoms with E-state index in [1.807, 2.05) is 77.9 Å². The monoisotopic (exact) mass is 529 g/mol. The van der Waals surface area contributed by atoms with Crippen molar-refractivity contribution in [3.63, 3.8) is 0 Å². The van der Waals surface area contributed by atoms with E-state index in [4.69, 9.17) is 0 Å². The Morgan fingerprint density at radius 3 is 2.27 bits per heavy atom. The van der Waals surface area contributed by atoms with Crippen LogP contribution in [0.2, 0.25) is 0 Å². The Morgan fingerprint density at radius 1 is 1.00 bits per heavy atom. The Hall–Kier alpha value is -2.87. The molecular formula is C29H43N3O4S. The van der Waals surface area contributed by atoms with Gasteiger partial charge in [-0.2, -0.15) is 0 Å². The second-order valence-electron chi connectivity index (χ2n) is 9.91. The minimum absolute atomic E-state index is 0.0124. The average molecular weight is 530 g/mol. The Balaban J connectivity index is 2.26. The van der Waals surface area contributed by atoms with Gasteiger partial charge in [-0.25, -0.2) is 8.42 Å². The third-order valence-electron chi connectivity index (χ3n) is 6.82. The fourth-order valence-electron chi connectivity index (χ4n) is 4.36. The summed E-state index contributed by atoms with van der Waals surface area (Å²) in [4.78, 5) is 28.3. The van der Waals surface area contributed by atoms with Crippen LogP contribution in [0.4, 0.5) is 5.69 Å². The first-order valence-corrected chi connectivity index (χ1v) is 14.9. The minimum atomic E-state index is -3.54. The van der Waals surface area contributed by atoms with Crippen LogP contribution in [0.3, 0.4) is 0 Å². The summed E-state index contributed by atoms with van der Waals surface area (Å²) in [6.45, 7) is 12.2. The molecule has 2 aromatic rings. The fourth-order valence-corrected chi connectivity index (χ4v) is 5.37. The van der Waals surface area contributed by atoms with Crippen molar-refractivity contribution in [3.8, 4) is 0 Å². The molecule has 204 valence electrons. The number of anilines is 1. The SMILES string of the molecule is CCC(C)NC(=O)C(CC)N(Cc1cccc(C)c1)C(=O)CCCN(c1cccc(C)c1C)S(C)(=O)=O. The lowest BCUT2D eigenvalue weighted by atomic mass is 10.1. The molecule has 0 heterocycles. The molecule has 0 radical (unpaired) electrons. The van der Waals surface area contributed by atoms with Gasteiger partial charge in [0, 0.05) is 25.6 Å². The van der Waals surface area contributed by atoms with Crippen molar-refractivity contribution in [2.45, 2.75) is 85.9 Å². The van der Waals surface area contributed by atoms with Crippen molar-refractivity contribution < 1.29 is 18.0 Å². The van der Waals surface area contributed by atoms with Crippen LogP contribution < -0.4 is 9.62 Å². The van der Waals surface area contributed by atoms with Crippen molar-refractivity contribution in [1.29, 1.82) is 0 Å². The predicted octanol–water partition coefficient (Wildman–Crippen LogP) is 4.88. The Labute approximate surface area is 223 Å². The summed E-state index contributed by atoms with van der Waals surface area (Å²) < 4.78 is 26.6. The van der Waals surface area contributed by atoms with Gasteiger partial charge in [-0.15, -0.1) is 0 Å². The molecule has 0 aliphatic carbocycles. The van der Waals surface area contributed by atoms with Gasteiger partial charge in [-0.3, -0.25) is 13.9 Å². The Kier molecular flexibility index (Phi) is 11.2. The van der Waals surface area contributed by atoms with Crippen LogP contribution in [-0.4, -0.2) is 50.0 Å². The number of hydrogen-bond donors (Lipinski definition) is 1. The summed E-state index contributed by atoms with van der Waals surface area (Å²) in [5.41, 5.74) is 4.57. The molecule has 8 heteroatoms. The van der Waals surface area contributed by atoms with Crippen molar-refractivity contribution in [1.82, 2.24) is 10.2 Å². The number of benzene rings is 2. The van der Waals surface area contributed by atoms with Crippen LogP contribution in [0.1, 0.15) is 68.7 Å². The van der Waals surface area contributed by atoms with E-state index in [9.17, 15) is 18.0 Å². The Bertz CT molecular complexity index is 1180. The highest BCUT2D eigenvalue weighted by molar-refractivity contribution is 7.92. The summed E-state index contributed by atoms with van der Waals surface area (Å²) >= 11 is 0. The molecule has 0 spiro atoms. The van der Waals surface area contributed by atoms with Gasteiger partial charge in [0.1, 0.15) is 6.04 Å². The first-order valence-electron chi connectivity index (χ1n) is 13.1. The average Bonchev–Trinajstić information content (AvgIpc) is 2.82. The first-order chi connectivity index (χ1) is 17.4. The molecule has 0 aromatic heterocycles. The van der Waals surface area contributed by atoms with Crippen LogP contribution in [-0.2, 0) is 26.2 Å². The van der Waals surface area contributed by atoms with Gasteiger partial charge in [-0.05, 0) is 69.7 Å². The number of aryl methyl sites for hydroxylation is 2. The molecule has 2 rings (SSSR count). The summed E-state index contributed by atoms with van der Waals surface area (Å²) in [5.74, 6) is -0.326. The quantitative estimate of drug-likeness (QED) is 0.401. The summed E-state index contributed by atoms with van der Waals surface area (Å²) in [7, 11) is -3.54. The normalized spacial score (nSPS) is 13.1. The van der Waals surface area contributed by atoms with E-state index in [1.54, 1.807) is 11.0 Å². The largest absolute Gasteiger partial charge is 0.352 e. The molecular weight excluding hydrogens is 486 g/mol. The highest BCUT2D eigenvalue weighted by Crippen LogP contribution is 2.25. The maximum absolute atomic E-state index is 13.6. The van der Waals surface area contributed by atoms with E-state index in [2.05, 4.69) is 5.32 Å². The van der Waals surface area contributed by atoms with Crippen LogP contribution in [0, 0.1) is 20.8 Å². The smallest absolute Gasteiger partial charge is 0.243 e. The number of nitrogens with one attached hydrogen (secondary N) is 1. The second-order valence-corrected chi connectivity index (χ2v) is 11.8. The molecule has 0 aliphatic rings. The van der Waals surface area contributed by atoms with Gasteiger partial charge >= 0.3 is 0 Å². The van der Waals surface area contributed by atoms with Crippen LogP contribution in [0.5, 0.6) is 0 Å². The molecule has 2 aromatic carbocycles. The van der Waals surface area contributed by atoms with E-state index in [-0.39, 0.29) is 30.8 Å². The van der Waals surface area contributed by atoms with Crippen molar-refractivity contribution in [3.05, 3.63) is 64.7 Å². The lowest BCUT2D eigenvalue weighted by Crippen LogP contribution is -2.50.